The van der Waals surface area contributed by atoms with Crippen molar-refractivity contribution in [2.24, 2.45) is 0 Å². The number of ether oxygens (including phenoxy) is 1. The average Bonchev–Trinajstić information content (AvgIpc) is 3.33. The average molecular weight is 613 g/mol. The monoisotopic (exact) mass is 612 g/mol. The standard InChI is InChI=1S/C27H29F5N6O5/c1-37(2)21(39)9-5-4-7-17(35-26(42)43-3)24(40)34-18-8-6-12-38(25(18)41)14-20-33-19-13-16(28)22(29)15(23(19)36-20)10-11-27(30,31)32/h5-6,8-9,12-13,17H,4,7,10-11,14H2,1-3H3,(H,33,36)(H,34,40)(H,35,42)/b9-5+/t17-/m0/s1. The molecule has 0 bridgehead atoms. The molecule has 2 heterocycles. The number of carbonyl (C=O) groups is 3. The van der Waals surface area contributed by atoms with Crippen molar-refractivity contribution < 1.29 is 41.1 Å². The van der Waals surface area contributed by atoms with Gasteiger partial charge in [0, 0.05) is 38.3 Å². The van der Waals surface area contributed by atoms with Gasteiger partial charge in [0.2, 0.25) is 11.8 Å². The number of carbonyl (C=O) groups excluding carboxylic acids is 3. The molecule has 0 unspecified atom stereocenters. The van der Waals surface area contributed by atoms with Gasteiger partial charge in [-0.25, -0.2) is 18.6 Å². The summed E-state index contributed by atoms with van der Waals surface area (Å²) in [5.41, 5.74) is -1.69. The Labute approximate surface area is 241 Å². The quantitative estimate of drug-likeness (QED) is 0.223. The normalized spacial score (nSPS) is 12.4. The topological polar surface area (TPSA) is 138 Å². The minimum Gasteiger partial charge on any atom is -0.453 e. The number of nitrogens with one attached hydrogen (secondary N) is 3. The van der Waals surface area contributed by atoms with Crippen LogP contribution < -0.4 is 16.2 Å². The number of pyridine rings is 1. The van der Waals surface area contributed by atoms with Crippen molar-refractivity contribution >= 4 is 34.6 Å². The summed E-state index contributed by atoms with van der Waals surface area (Å²) < 4.78 is 72.4. The van der Waals surface area contributed by atoms with E-state index in [2.05, 4.69) is 25.3 Å². The van der Waals surface area contributed by atoms with Gasteiger partial charge in [-0.15, -0.1) is 0 Å². The fourth-order valence-electron chi connectivity index (χ4n) is 3.98. The van der Waals surface area contributed by atoms with Crippen molar-refractivity contribution in [2.45, 2.75) is 44.4 Å². The van der Waals surface area contributed by atoms with E-state index in [1.807, 2.05) is 0 Å². The van der Waals surface area contributed by atoms with Crippen molar-refractivity contribution in [3.05, 3.63) is 69.9 Å². The summed E-state index contributed by atoms with van der Waals surface area (Å²) in [4.78, 5) is 57.7. The predicted molar refractivity (Wildman–Crippen MR) is 145 cm³/mol. The second-order valence-electron chi connectivity index (χ2n) is 9.59. The number of benzene rings is 1. The number of imidazole rings is 1. The lowest BCUT2D eigenvalue weighted by atomic mass is 10.1. The van der Waals surface area contributed by atoms with Crippen LogP contribution in [0, 0.1) is 11.6 Å². The Morgan fingerprint density at radius 1 is 1.23 bits per heavy atom. The fourth-order valence-corrected chi connectivity index (χ4v) is 3.98. The van der Waals surface area contributed by atoms with Crippen LogP contribution in [0.3, 0.4) is 0 Å². The first-order chi connectivity index (χ1) is 20.2. The molecule has 0 saturated heterocycles. The summed E-state index contributed by atoms with van der Waals surface area (Å²) in [6, 6.07) is 2.35. The predicted octanol–water partition coefficient (Wildman–Crippen LogP) is 3.63. The highest BCUT2D eigenvalue weighted by molar-refractivity contribution is 5.96. The molecule has 0 radical (unpaired) electrons. The minimum atomic E-state index is -4.60. The summed E-state index contributed by atoms with van der Waals surface area (Å²) in [7, 11) is 4.24. The first-order valence-corrected chi connectivity index (χ1v) is 12.8. The number of hydrogen-bond donors (Lipinski definition) is 3. The van der Waals surface area contributed by atoms with Gasteiger partial charge in [-0.1, -0.05) is 6.08 Å². The molecule has 232 valence electrons. The van der Waals surface area contributed by atoms with Crippen molar-refractivity contribution in [3.63, 3.8) is 0 Å². The van der Waals surface area contributed by atoms with Crippen LogP contribution in [0.2, 0.25) is 0 Å². The number of amides is 3. The third kappa shape index (κ3) is 8.86. The van der Waals surface area contributed by atoms with Crippen molar-refractivity contribution in [2.75, 3.05) is 26.5 Å². The highest BCUT2D eigenvalue weighted by Gasteiger charge is 2.29. The molecule has 3 aromatic rings. The molecule has 0 aliphatic heterocycles. The van der Waals surface area contributed by atoms with Gasteiger partial charge >= 0.3 is 12.3 Å². The van der Waals surface area contributed by atoms with Crippen molar-refractivity contribution in [1.29, 1.82) is 0 Å². The third-order valence-corrected chi connectivity index (χ3v) is 6.19. The molecule has 0 aliphatic carbocycles. The van der Waals surface area contributed by atoms with E-state index in [1.54, 1.807) is 14.1 Å². The number of likely N-dealkylation sites (N-methyl/N-ethyl adjacent to an activating group) is 1. The van der Waals surface area contributed by atoms with E-state index in [0.717, 1.165) is 17.7 Å². The number of aryl methyl sites for hydroxylation is 1. The maximum absolute atomic E-state index is 14.4. The van der Waals surface area contributed by atoms with E-state index in [4.69, 9.17) is 0 Å². The summed E-state index contributed by atoms with van der Waals surface area (Å²) in [6.07, 6.45) is -3.27. The number of halogens is 5. The molecule has 0 aliphatic rings. The number of fused-ring (bicyclic) bond motifs is 1. The van der Waals surface area contributed by atoms with Crippen LogP contribution >= 0.6 is 0 Å². The molecule has 0 saturated carbocycles. The number of H-pyrrole nitrogens is 1. The molecule has 43 heavy (non-hydrogen) atoms. The molecular weight excluding hydrogens is 583 g/mol. The third-order valence-electron chi connectivity index (χ3n) is 6.19. The van der Waals surface area contributed by atoms with Gasteiger partial charge in [0.1, 0.15) is 17.6 Å². The zero-order valence-corrected chi connectivity index (χ0v) is 23.3. The lowest BCUT2D eigenvalue weighted by Crippen LogP contribution is -2.44. The highest BCUT2D eigenvalue weighted by Crippen LogP contribution is 2.28. The van der Waals surface area contributed by atoms with E-state index in [9.17, 15) is 41.1 Å². The molecule has 3 amide bonds. The summed E-state index contributed by atoms with van der Waals surface area (Å²) in [6.45, 7) is -0.284. The van der Waals surface area contributed by atoms with Crippen LogP contribution in [0.5, 0.6) is 0 Å². The number of hydrogen-bond acceptors (Lipinski definition) is 6. The van der Waals surface area contributed by atoms with E-state index < -0.39 is 59.8 Å². The highest BCUT2D eigenvalue weighted by atomic mass is 19.4. The molecule has 2 aromatic heterocycles. The second kappa shape index (κ2) is 13.9. The number of rotatable bonds is 11. The van der Waals surface area contributed by atoms with Gasteiger partial charge in [0.05, 0.1) is 24.7 Å². The molecule has 0 spiro atoms. The first-order valence-electron chi connectivity index (χ1n) is 12.8. The maximum Gasteiger partial charge on any atom is 0.407 e. The van der Waals surface area contributed by atoms with Gasteiger partial charge in [-0.2, -0.15) is 13.2 Å². The number of allylic oxidation sites excluding steroid dienone is 1. The number of alkyl halides is 3. The lowest BCUT2D eigenvalue weighted by molar-refractivity contribution is -0.134. The first kappa shape index (κ1) is 32.8. The Kier molecular flexibility index (Phi) is 10.6. The van der Waals surface area contributed by atoms with Crippen LogP contribution in [0.25, 0.3) is 11.0 Å². The number of alkyl carbamates (subject to hydrolysis) is 1. The maximum atomic E-state index is 14.4. The minimum absolute atomic E-state index is 0.0168. The van der Waals surface area contributed by atoms with Crippen LogP contribution in [0.15, 0.2) is 41.3 Å². The molecular formula is C27H29F5N6O5. The van der Waals surface area contributed by atoms with Crippen LogP contribution in [-0.4, -0.2) is 70.8 Å². The van der Waals surface area contributed by atoms with E-state index in [1.165, 1.54) is 35.4 Å². The van der Waals surface area contributed by atoms with E-state index >= 15 is 0 Å². The molecule has 16 heteroatoms. The summed E-state index contributed by atoms with van der Waals surface area (Å²) >= 11 is 0. The van der Waals surface area contributed by atoms with Gasteiger partial charge in [-0.3, -0.25) is 14.4 Å². The zero-order chi connectivity index (χ0) is 31.9. The molecule has 3 N–H and O–H groups in total. The van der Waals surface area contributed by atoms with E-state index in [0.29, 0.717) is 0 Å². The largest absolute Gasteiger partial charge is 0.453 e. The molecule has 1 atom stereocenters. The second-order valence-corrected chi connectivity index (χ2v) is 9.59. The Morgan fingerprint density at radius 2 is 1.95 bits per heavy atom. The Bertz CT molecular complexity index is 1580. The smallest absolute Gasteiger partial charge is 0.407 e. The van der Waals surface area contributed by atoms with Gasteiger partial charge < -0.3 is 29.8 Å². The van der Waals surface area contributed by atoms with Crippen LogP contribution in [-0.2, 0) is 27.3 Å². The summed E-state index contributed by atoms with van der Waals surface area (Å²) in [5, 5.41) is 4.80. The number of aromatic amines is 1. The molecule has 3 rings (SSSR count). The van der Waals surface area contributed by atoms with Crippen LogP contribution in [0.1, 0.15) is 30.7 Å². The van der Waals surface area contributed by atoms with Gasteiger partial charge in [0.15, 0.2) is 11.6 Å². The lowest BCUT2D eigenvalue weighted by Gasteiger charge is -2.17. The fraction of sp³-hybridized carbons (Fsp3) is 0.370. The van der Waals surface area contributed by atoms with Crippen molar-refractivity contribution in [1.82, 2.24) is 24.8 Å². The SMILES string of the molecule is COC(=O)N[C@@H](CC/C=C/C(=O)N(C)C)C(=O)Nc1cccn(Cc2nc3c(CCC(F)(F)F)c(F)c(F)cc3[nH]2)c1=O. The van der Waals surface area contributed by atoms with E-state index in [-0.39, 0.29) is 47.8 Å². The molecule has 1 aromatic carbocycles. The van der Waals surface area contributed by atoms with Gasteiger partial charge in [-0.05, 0) is 37.5 Å². The molecule has 0 fully saturated rings. The number of nitrogens with zero attached hydrogens (tertiary/aromatic N) is 3. The van der Waals surface area contributed by atoms with Crippen LogP contribution in [0.4, 0.5) is 32.4 Å². The Balaban J connectivity index is 1.81. The number of aromatic nitrogens is 3. The Morgan fingerprint density at radius 3 is 2.60 bits per heavy atom. The Hall–Kier alpha value is -4.76. The number of anilines is 1. The molecule has 11 nitrogen and oxygen atoms in total. The zero-order valence-electron chi connectivity index (χ0n) is 23.3. The van der Waals surface area contributed by atoms with Crippen molar-refractivity contribution in [3.8, 4) is 0 Å². The summed E-state index contributed by atoms with van der Waals surface area (Å²) in [5.74, 6) is -3.80. The number of methoxy groups -OCH3 is 1. The van der Waals surface area contributed by atoms with Gasteiger partial charge in [0.25, 0.3) is 5.56 Å².